The number of aromatic carboxylic acids is 1. The van der Waals surface area contributed by atoms with Crippen LogP contribution in [0.15, 0.2) is 32.4 Å². The first-order valence-electron chi connectivity index (χ1n) is 4.96. The van der Waals surface area contributed by atoms with Crippen LogP contribution in [0.25, 0.3) is 0 Å². The zero-order chi connectivity index (χ0) is 14.9. The van der Waals surface area contributed by atoms with Crippen molar-refractivity contribution in [2.24, 2.45) is 0 Å². The number of sulfonamides is 1. The average molecular weight is 381 g/mol. The number of nitrogens with one attached hydrogen (secondary N) is 1. The number of anilines is 1. The Bertz CT molecular complexity index is 755. The zero-order valence-electron chi connectivity index (χ0n) is 9.50. The zero-order valence-corrected chi connectivity index (χ0v) is 12.7. The highest BCUT2D eigenvalue weighted by atomic mass is 79.9. The Morgan fingerprint density at radius 1 is 1.45 bits per heavy atom. The van der Waals surface area contributed by atoms with E-state index in [9.17, 15) is 17.6 Å². The number of hydrogen-bond donors (Lipinski definition) is 2. The van der Waals surface area contributed by atoms with Gasteiger partial charge in [0.25, 0.3) is 10.0 Å². The summed E-state index contributed by atoms with van der Waals surface area (Å²) < 4.78 is 39.5. The molecule has 0 radical (unpaired) electrons. The highest BCUT2D eigenvalue weighted by Gasteiger charge is 2.27. The third-order valence-electron chi connectivity index (χ3n) is 2.18. The summed E-state index contributed by atoms with van der Waals surface area (Å²) in [5.41, 5.74) is 0.196. The first-order valence-corrected chi connectivity index (χ1v) is 8.12. The maximum absolute atomic E-state index is 13.6. The maximum atomic E-state index is 13.6. The second-order valence-electron chi connectivity index (χ2n) is 3.50. The molecule has 0 spiro atoms. The number of carboxylic acid groups (broad SMARTS) is 1. The lowest BCUT2D eigenvalue weighted by molar-refractivity contribution is 0.0687. The van der Waals surface area contributed by atoms with Gasteiger partial charge in [0.1, 0.15) is 5.82 Å². The molecule has 1 aromatic carbocycles. The molecule has 0 saturated heterocycles. The molecule has 2 aromatic rings. The quantitative estimate of drug-likeness (QED) is 0.849. The van der Waals surface area contributed by atoms with E-state index < -0.39 is 31.7 Å². The summed E-state index contributed by atoms with van der Waals surface area (Å²) in [6.45, 7) is 0. The molecule has 1 heterocycles. The highest BCUT2D eigenvalue weighted by molar-refractivity contribution is 9.10. The van der Waals surface area contributed by atoms with Crippen LogP contribution < -0.4 is 4.72 Å². The summed E-state index contributed by atoms with van der Waals surface area (Å²) in [5.74, 6) is -2.26. The number of nitrogens with zero attached hydrogens (tertiary/aromatic N) is 1. The van der Waals surface area contributed by atoms with E-state index in [0.29, 0.717) is 11.3 Å². The molecule has 2 N–H and O–H groups in total. The Morgan fingerprint density at radius 3 is 2.75 bits per heavy atom. The van der Waals surface area contributed by atoms with E-state index in [0.717, 1.165) is 11.6 Å². The Kier molecular flexibility index (Phi) is 4.06. The molecule has 0 saturated carbocycles. The molecule has 0 fully saturated rings. The van der Waals surface area contributed by atoms with Crippen molar-refractivity contribution < 1.29 is 22.7 Å². The second-order valence-corrected chi connectivity index (χ2v) is 7.08. The number of carboxylic acids is 1. The minimum Gasteiger partial charge on any atom is -0.476 e. The lowest BCUT2D eigenvalue weighted by Gasteiger charge is -2.09. The minimum atomic E-state index is -4.24. The molecule has 0 amide bonds. The van der Waals surface area contributed by atoms with E-state index in [1.165, 1.54) is 12.1 Å². The number of rotatable bonds is 4. The van der Waals surface area contributed by atoms with E-state index >= 15 is 0 Å². The van der Waals surface area contributed by atoms with Gasteiger partial charge < -0.3 is 5.11 Å². The van der Waals surface area contributed by atoms with Gasteiger partial charge in [-0.15, -0.1) is 11.3 Å². The number of benzene rings is 1. The number of para-hydroxylation sites is 1. The molecule has 20 heavy (non-hydrogen) atoms. The van der Waals surface area contributed by atoms with Gasteiger partial charge in [0.15, 0.2) is 9.90 Å². The van der Waals surface area contributed by atoms with Gasteiger partial charge in [-0.25, -0.2) is 22.6 Å². The number of carbonyl (C=O) groups is 1. The van der Waals surface area contributed by atoms with E-state index in [2.05, 4.69) is 20.9 Å². The third-order valence-corrected chi connectivity index (χ3v) is 5.56. The molecule has 1 aromatic heterocycles. The molecule has 2 rings (SSSR count). The molecular weight excluding hydrogens is 375 g/mol. The van der Waals surface area contributed by atoms with Crippen molar-refractivity contribution in [1.82, 2.24) is 4.98 Å². The van der Waals surface area contributed by atoms with E-state index in [-0.39, 0.29) is 10.2 Å². The van der Waals surface area contributed by atoms with Crippen LogP contribution in [-0.2, 0) is 10.0 Å². The van der Waals surface area contributed by atoms with Gasteiger partial charge in [0, 0.05) is 4.47 Å². The van der Waals surface area contributed by atoms with E-state index in [1.807, 2.05) is 4.72 Å². The van der Waals surface area contributed by atoms with E-state index in [4.69, 9.17) is 5.11 Å². The van der Waals surface area contributed by atoms with Crippen LogP contribution in [0.1, 0.15) is 10.5 Å². The standard InChI is InChI=1S/C10H6BrFN2O4S2/c11-5-2-1-3-6(12)7(5)14-20(17,18)10-8(9(15)16)13-4-19-10/h1-4,14H,(H,15,16). The van der Waals surface area contributed by atoms with Crippen molar-refractivity contribution in [2.75, 3.05) is 4.72 Å². The summed E-state index contributed by atoms with van der Waals surface area (Å²) in [6, 6.07) is 3.92. The lowest BCUT2D eigenvalue weighted by atomic mass is 10.3. The van der Waals surface area contributed by atoms with E-state index in [1.54, 1.807) is 0 Å². The minimum absolute atomic E-state index is 0.197. The molecule has 0 atom stereocenters. The SMILES string of the molecule is O=C(O)c1ncsc1S(=O)(=O)Nc1c(F)cccc1Br. The van der Waals surface area contributed by atoms with Crippen LogP contribution in [0, 0.1) is 5.82 Å². The van der Waals surface area contributed by atoms with Crippen molar-refractivity contribution in [1.29, 1.82) is 0 Å². The number of aromatic nitrogens is 1. The smallest absolute Gasteiger partial charge is 0.356 e. The molecule has 106 valence electrons. The fourth-order valence-corrected chi connectivity index (χ4v) is 4.15. The predicted molar refractivity (Wildman–Crippen MR) is 74.0 cm³/mol. The van der Waals surface area contributed by atoms with Crippen LogP contribution in [0.2, 0.25) is 0 Å². The molecule has 0 bridgehead atoms. The summed E-state index contributed by atoms with van der Waals surface area (Å²) >= 11 is 3.65. The van der Waals surface area contributed by atoms with Gasteiger partial charge in [0.05, 0.1) is 11.2 Å². The van der Waals surface area contributed by atoms with Crippen LogP contribution in [0.3, 0.4) is 0 Å². The van der Waals surface area contributed by atoms with Gasteiger partial charge in [-0.2, -0.15) is 0 Å². The molecule has 0 aliphatic rings. The molecule has 0 aliphatic heterocycles. The fraction of sp³-hybridized carbons (Fsp3) is 0. The highest BCUT2D eigenvalue weighted by Crippen LogP contribution is 2.29. The predicted octanol–water partition coefficient (Wildman–Crippen LogP) is 2.54. The number of thiazole rings is 1. The molecule has 10 heteroatoms. The average Bonchev–Trinajstić information content (AvgIpc) is 2.84. The Hall–Kier alpha value is -1.52. The van der Waals surface area contributed by atoms with Crippen molar-refractivity contribution >= 4 is 48.9 Å². The molecule has 0 aliphatic carbocycles. The Balaban J connectivity index is 2.47. The first kappa shape index (κ1) is 14.9. The number of halogens is 2. The van der Waals surface area contributed by atoms with Crippen molar-refractivity contribution in [3.8, 4) is 0 Å². The van der Waals surface area contributed by atoms with Crippen molar-refractivity contribution in [3.63, 3.8) is 0 Å². The van der Waals surface area contributed by atoms with Gasteiger partial charge in [-0.3, -0.25) is 4.72 Å². The fourth-order valence-electron chi connectivity index (χ4n) is 1.34. The summed E-state index contributed by atoms with van der Waals surface area (Å²) in [5, 5.41) is 8.86. The van der Waals surface area contributed by atoms with Crippen LogP contribution in [0.5, 0.6) is 0 Å². The van der Waals surface area contributed by atoms with Gasteiger partial charge in [-0.05, 0) is 28.1 Å². The Labute approximate surface area is 125 Å². The van der Waals surface area contributed by atoms with Crippen molar-refractivity contribution in [2.45, 2.75) is 4.21 Å². The molecular formula is C10H6BrFN2O4S2. The van der Waals surface area contributed by atoms with Gasteiger partial charge in [0.2, 0.25) is 0 Å². The maximum Gasteiger partial charge on any atom is 0.356 e. The molecule has 6 nitrogen and oxygen atoms in total. The molecule has 0 unspecified atom stereocenters. The summed E-state index contributed by atoms with van der Waals surface area (Å²) in [6.07, 6.45) is 0. The largest absolute Gasteiger partial charge is 0.476 e. The van der Waals surface area contributed by atoms with Crippen molar-refractivity contribution in [3.05, 3.63) is 39.7 Å². The topological polar surface area (TPSA) is 96.4 Å². The summed E-state index contributed by atoms with van der Waals surface area (Å²) in [4.78, 5) is 14.3. The van der Waals surface area contributed by atoms with Crippen LogP contribution >= 0.6 is 27.3 Å². The normalized spacial score (nSPS) is 11.3. The van der Waals surface area contributed by atoms with Crippen LogP contribution in [0.4, 0.5) is 10.1 Å². The monoisotopic (exact) mass is 380 g/mol. The Morgan fingerprint density at radius 2 is 2.15 bits per heavy atom. The number of hydrogen-bond acceptors (Lipinski definition) is 5. The van der Waals surface area contributed by atoms with Gasteiger partial charge >= 0.3 is 5.97 Å². The summed E-state index contributed by atoms with van der Waals surface area (Å²) in [7, 11) is -4.24. The lowest BCUT2D eigenvalue weighted by Crippen LogP contribution is -2.16. The second kappa shape index (κ2) is 5.46. The van der Waals surface area contributed by atoms with Crippen LogP contribution in [-0.4, -0.2) is 24.5 Å². The first-order chi connectivity index (χ1) is 9.33. The third kappa shape index (κ3) is 2.81. The van der Waals surface area contributed by atoms with Gasteiger partial charge in [-0.1, -0.05) is 6.07 Å².